The van der Waals surface area contributed by atoms with Crippen molar-refractivity contribution >= 4 is 22.8 Å². The van der Waals surface area contributed by atoms with Crippen LogP contribution in [0.4, 0.5) is 0 Å². The molecule has 0 saturated carbocycles. The van der Waals surface area contributed by atoms with Crippen molar-refractivity contribution in [2.45, 2.75) is 38.3 Å². The van der Waals surface area contributed by atoms with Crippen LogP contribution in [0.1, 0.15) is 35.4 Å². The second kappa shape index (κ2) is 10.2. The summed E-state index contributed by atoms with van der Waals surface area (Å²) < 4.78 is 7.55. The second-order valence-electron chi connectivity index (χ2n) is 7.77. The van der Waals surface area contributed by atoms with E-state index in [0.717, 1.165) is 42.7 Å². The number of hydrogen-bond acceptors (Lipinski definition) is 4. The number of hydrogen-bond donors (Lipinski definition) is 2. The molecule has 0 spiro atoms. The number of ether oxygens (including phenoxy) is 1. The zero-order chi connectivity index (χ0) is 21.5. The first-order valence-electron chi connectivity index (χ1n) is 10.9. The van der Waals surface area contributed by atoms with Gasteiger partial charge in [0.25, 0.3) is 5.91 Å². The molecule has 1 atom stereocenters. The van der Waals surface area contributed by atoms with Crippen LogP contribution in [0.2, 0.25) is 0 Å². The highest BCUT2D eigenvalue weighted by atomic mass is 16.5. The third-order valence-corrected chi connectivity index (χ3v) is 5.48. The minimum atomic E-state index is -0.0809. The number of carbonyl (C=O) groups is 2. The van der Waals surface area contributed by atoms with Crippen LogP contribution in [0.5, 0.6) is 0 Å². The number of benzene rings is 2. The van der Waals surface area contributed by atoms with Gasteiger partial charge in [-0.15, -0.1) is 0 Å². The maximum Gasteiger partial charge on any atom is 0.251 e. The number of aryl methyl sites for hydroxylation is 1. The summed E-state index contributed by atoms with van der Waals surface area (Å²) in [6.07, 6.45) is 3.57. The zero-order valence-corrected chi connectivity index (χ0v) is 17.5. The molecule has 2 heterocycles. The molecule has 1 saturated heterocycles. The van der Waals surface area contributed by atoms with Crippen molar-refractivity contribution in [1.82, 2.24) is 20.2 Å². The Hall–Kier alpha value is -3.19. The zero-order valence-electron chi connectivity index (χ0n) is 17.5. The molecule has 0 radical (unpaired) electrons. The van der Waals surface area contributed by atoms with Gasteiger partial charge in [0, 0.05) is 31.7 Å². The van der Waals surface area contributed by atoms with Crippen LogP contribution in [0.25, 0.3) is 11.0 Å². The predicted octanol–water partition coefficient (Wildman–Crippen LogP) is 2.69. The Labute approximate surface area is 181 Å². The fraction of sp³-hybridized carbons (Fsp3) is 0.375. The minimum absolute atomic E-state index is 0.0442. The first kappa shape index (κ1) is 21.1. The molecular formula is C24H28N4O3. The summed E-state index contributed by atoms with van der Waals surface area (Å²) in [5.41, 5.74) is 2.47. The Bertz CT molecular complexity index is 1030. The molecule has 2 amide bonds. The van der Waals surface area contributed by atoms with E-state index < -0.39 is 0 Å². The SMILES string of the molecule is O=C(Cn1c(CCCNC(=O)c2ccccc2)nc2ccccc21)NCC1CCCO1. The summed E-state index contributed by atoms with van der Waals surface area (Å²) in [6.45, 7) is 2.09. The van der Waals surface area contributed by atoms with E-state index in [1.165, 1.54) is 0 Å². The first-order chi connectivity index (χ1) is 15.2. The Kier molecular flexibility index (Phi) is 6.94. The normalized spacial score (nSPS) is 15.8. The molecule has 0 bridgehead atoms. The maximum atomic E-state index is 12.6. The van der Waals surface area contributed by atoms with Crippen LogP contribution in [0, 0.1) is 0 Å². The van der Waals surface area contributed by atoms with Crippen LogP contribution in [-0.4, -0.2) is 47.2 Å². The Morgan fingerprint density at radius 1 is 1.06 bits per heavy atom. The Morgan fingerprint density at radius 2 is 1.87 bits per heavy atom. The van der Waals surface area contributed by atoms with Crippen molar-refractivity contribution in [3.05, 3.63) is 66.0 Å². The van der Waals surface area contributed by atoms with Gasteiger partial charge in [-0.25, -0.2) is 4.98 Å². The Morgan fingerprint density at radius 3 is 2.68 bits per heavy atom. The molecule has 2 aromatic carbocycles. The molecule has 1 unspecified atom stereocenters. The van der Waals surface area contributed by atoms with E-state index in [0.29, 0.717) is 25.1 Å². The van der Waals surface area contributed by atoms with E-state index in [-0.39, 0.29) is 24.5 Å². The second-order valence-corrected chi connectivity index (χ2v) is 7.77. The molecule has 1 aliphatic rings. The van der Waals surface area contributed by atoms with Gasteiger partial charge >= 0.3 is 0 Å². The molecule has 7 heteroatoms. The fourth-order valence-corrected chi connectivity index (χ4v) is 3.87. The molecular weight excluding hydrogens is 392 g/mol. The molecule has 7 nitrogen and oxygen atoms in total. The summed E-state index contributed by atoms with van der Waals surface area (Å²) in [6, 6.07) is 17.0. The molecule has 4 rings (SSSR count). The number of nitrogens with one attached hydrogen (secondary N) is 2. The molecule has 162 valence electrons. The van der Waals surface area contributed by atoms with Crippen LogP contribution in [0.15, 0.2) is 54.6 Å². The third-order valence-electron chi connectivity index (χ3n) is 5.48. The van der Waals surface area contributed by atoms with Gasteiger partial charge in [0.15, 0.2) is 0 Å². The highest BCUT2D eigenvalue weighted by molar-refractivity contribution is 5.94. The Balaban J connectivity index is 1.35. The predicted molar refractivity (Wildman–Crippen MR) is 119 cm³/mol. The van der Waals surface area contributed by atoms with E-state index in [1.54, 1.807) is 12.1 Å². The van der Waals surface area contributed by atoms with Gasteiger partial charge in [-0.3, -0.25) is 9.59 Å². The summed E-state index contributed by atoms with van der Waals surface area (Å²) in [4.78, 5) is 29.5. The monoisotopic (exact) mass is 420 g/mol. The number of carbonyl (C=O) groups excluding carboxylic acids is 2. The van der Waals surface area contributed by atoms with Crippen LogP contribution < -0.4 is 10.6 Å². The van der Waals surface area contributed by atoms with Crippen molar-refractivity contribution in [3.63, 3.8) is 0 Å². The lowest BCUT2D eigenvalue weighted by atomic mass is 10.2. The number of nitrogens with zero attached hydrogens (tertiary/aromatic N) is 2. The molecule has 2 N–H and O–H groups in total. The maximum absolute atomic E-state index is 12.6. The van der Waals surface area contributed by atoms with Gasteiger partial charge in [0.2, 0.25) is 5.91 Å². The number of amides is 2. The number of fused-ring (bicyclic) bond motifs is 1. The highest BCUT2D eigenvalue weighted by Gasteiger charge is 2.18. The largest absolute Gasteiger partial charge is 0.376 e. The standard InChI is InChI=1S/C24H28N4O3/c29-23(26-16-19-10-7-15-31-19)17-28-21-12-5-4-11-20(21)27-22(28)13-6-14-25-24(30)18-8-2-1-3-9-18/h1-5,8-9,11-12,19H,6-7,10,13-17H2,(H,25,30)(H,26,29). The lowest BCUT2D eigenvalue weighted by molar-refractivity contribution is -0.122. The first-order valence-corrected chi connectivity index (χ1v) is 10.9. The summed E-state index contributed by atoms with van der Waals surface area (Å²) in [7, 11) is 0. The summed E-state index contributed by atoms with van der Waals surface area (Å²) >= 11 is 0. The van der Waals surface area contributed by atoms with Crippen molar-refractivity contribution in [3.8, 4) is 0 Å². The average molecular weight is 421 g/mol. The lowest BCUT2D eigenvalue weighted by Gasteiger charge is -2.13. The van der Waals surface area contributed by atoms with Crippen molar-refractivity contribution in [2.24, 2.45) is 0 Å². The van der Waals surface area contributed by atoms with Crippen LogP contribution in [-0.2, 0) is 22.5 Å². The van der Waals surface area contributed by atoms with Gasteiger partial charge in [-0.2, -0.15) is 0 Å². The number of aromatic nitrogens is 2. The third kappa shape index (κ3) is 5.49. The molecule has 0 aliphatic carbocycles. The summed E-state index contributed by atoms with van der Waals surface area (Å²) in [5.74, 6) is 0.724. The number of para-hydroxylation sites is 2. The fourth-order valence-electron chi connectivity index (χ4n) is 3.87. The van der Waals surface area contributed by atoms with E-state index in [4.69, 9.17) is 9.72 Å². The quantitative estimate of drug-likeness (QED) is 0.521. The van der Waals surface area contributed by atoms with E-state index in [1.807, 2.05) is 47.0 Å². The van der Waals surface area contributed by atoms with Crippen molar-refractivity contribution in [1.29, 1.82) is 0 Å². The smallest absolute Gasteiger partial charge is 0.251 e. The lowest BCUT2D eigenvalue weighted by Crippen LogP contribution is -2.34. The molecule has 1 fully saturated rings. The molecule has 31 heavy (non-hydrogen) atoms. The van der Waals surface area contributed by atoms with Gasteiger partial charge in [-0.05, 0) is 43.5 Å². The number of imidazole rings is 1. The van der Waals surface area contributed by atoms with Crippen LogP contribution in [0.3, 0.4) is 0 Å². The molecule has 3 aromatic rings. The minimum Gasteiger partial charge on any atom is -0.376 e. The molecule has 1 aromatic heterocycles. The topological polar surface area (TPSA) is 85.2 Å². The van der Waals surface area contributed by atoms with E-state index in [2.05, 4.69) is 10.6 Å². The van der Waals surface area contributed by atoms with E-state index in [9.17, 15) is 9.59 Å². The van der Waals surface area contributed by atoms with Gasteiger partial charge < -0.3 is 19.9 Å². The summed E-state index contributed by atoms with van der Waals surface area (Å²) in [5, 5.41) is 5.93. The highest BCUT2D eigenvalue weighted by Crippen LogP contribution is 2.17. The van der Waals surface area contributed by atoms with Crippen molar-refractivity contribution < 1.29 is 14.3 Å². The van der Waals surface area contributed by atoms with E-state index >= 15 is 0 Å². The molecule has 1 aliphatic heterocycles. The van der Waals surface area contributed by atoms with Crippen LogP contribution >= 0.6 is 0 Å². The van der Waals surface area contributed by atoms with Crippen molar-refractivity contribution in [2.75, 3.05) is 19.7 Å². The van der Waals surface area contributed by atoms with Gasteiger partial charge in [0.1, 0.15) is 12.4 Å². The van der Waals surface area contributed by atoms with Gasteiger partial charge in [0.05, 0.1) is 17.1 Å². The average Bonchev–Trinajstić information content (AvgIpc) is 3.44. The van der Waals surface area contributed by atoms with Gasteiger partial charge in [-0.1, -0.05) is 30.3 Å². The number of rotatable bonds is 9.